The lowest BCUT2D eigenvalue weighted by Crippen LogP contribution is -2.27. The minimum absolute atomic E-state index is 0.143. The molecule has 0 fully saturated rings. The molecule has 1 atom stereocenters. The molecule has 0 saturated carbocycles. The molecular weight excluding hydrogens is 294 g/mol. The highest BCUT2D eigenvalue weighted by Crippen LogP contribution is 2.22. The quantitative estimate of drug-likeness (QED) is 0.840. The number of carbonyl (C=O) groups is 2. The first-order chi connectivity index (χ1) is 8.65. The van der Waals surface area contributed by atoms with Crippen LogP contribution < -0.4 is 5.73 Å². The molecule has 0 aliphatic rings. The van der Waals surface area contributed by atoms with Crippen molar-refractivity contribution in [3.05, 3.63) is 28.8 Å². The number of benzene rings is 1. The van der Waals surface area contributed by atoms with E-state index in [1.54, 1.807) is 0 Å². The van der Waals surface area contributed by atoms with Crippen LogP contribution in [0.4, 0.5) is 0 Å². The summed E-state index contributed by atoms with van der Waals surface area (Å²) in [6.07, 6.45) is 0. The zero-order valence-electron chi connectivity index (χ0n) is 9.96. The van der Waals surface area contributed by atoms with E-state index >= 15 is 0 Å². The lowest BCUT2D eigenvalue weighted by molar-refractivity contribution is -0.120. The van der Waals surface area contributed by atoms with Gasteiger partial charge in [0.05, 0.1) is 21.2 Å². The van der Waals surface area contributed by atoms with E-state index in [1.807, 2.05) is 0 Å². The zero-order valence-corrected chi connectivity index (χ0v) is 11.5. The Hall–Kier alpha value is -1.60. The lowest BCUT2D eigenvalue weighted by Gasteiger charge is -2.09. The first-order valence-electron chi connectivity index (χ1n) is 5.20. The van der Waals surface area contributed by atoms with E-state index in [0.29, 0.717) is 0 Å². The van der Waals surface area contributed by atoms with Gasteiger partial charge in [-0.15, -0.1) is 0 Å². The van der Waals surface area contributed by atoms with Gasteiger partial charge in [0, 0.05) is 5.92 Å². The lowest BCUT2D eigenvalue weighted by atomic mass is 10.2. The van der Waals surface area contributed by atoms with Gasteiger partial charge >= 0.3 is 5.97 Å². The number of nitrogens with two attached hydrogens (primary N) is 1. The number of hydrogen-bond donors (Lipinski definition) is 2. The number of carboxylic acid groups (broad SMARTS) is 1. The number of carbonyl (C=O) groups excluding carboxylic acids is 1. The van der Waals surface area contributed by atoms with Gasteiger partial charge in [-0.25, -0.2) is 13.2 Å². The Kier molecular flexibility index (Phi) is 4.54. The number of aromatic carboxylic acids is 1. The minimum atomic E-state index is -3.75. The van der Waals surface area contributed by atoms with E-state index in [9.17, 15) is 18.0 Å². The molecule has 1 aromatic carbocycles. The van der Waals surface area contributed by atoms with Crippen LogP contribution in [0, 0.1) is 5.92 Å². The molecule has 0 saturated heterocycles. The summed E-state index contributed by atoms with van der Waals surface area (Å²) in [7, 11) is -3.75. The van der Waals surface area contributed by atoms with E-state index < -0.39 is 33.4 Å². The fourth-order valence-electron chi connectivity index (χ4n) is 1.37. The number of halogens is 1. The summed E-state index contributed by atoms with van der Waals surface area (Å²) in [4.78, 5) is 21.5. The van der Waals surface area contributed by atoms with Gasteiger partial charge in [-0.2, -0.15) is 0 Å². The van der Waals surface area contributed by atoms with Crippen molar-refractivity contribution >= 4 is 33.3 Å². The number of sulfone groups is 1. The first kappa shape index (κ1) is 15.5. The molecular formula is C11H12ClNO5S. The molecule has 8 heteroatoms. The summed E-state index contributed by atoms with van der Waals surface area (Å²) in [5, 5.41) is 8.60. The summed E-state index contributed by atoms with van der Waals surface area (Å²) in [5.41, 5.74) is 4.82. The van der Waals surface area contributed by atoms with Crippen LogP contribution in [-0.4, -0.2) is 31.2 Å². The molecule has 0 spiro atoms. The highest BCUT2D eigenvalue weighted by atomic mass is 35.5. The SMILES string of the molecule is CC(CS(=O)(=O)c1ccc(C(=O)O)c(Cl)c1)C(N)=O. The van der Waals surface area contributed by atoms with E-state index in [2.05, 4.69) is 0 Å². The van der Waals surface area contributed by atoms with Gasteiger partial charge in [0.2, 0.25) is 5.91 Å². The fourth-order valence-corrected chi connectivity index (χ4v) is 3.28. The minimum Gasteiger partial charge on any atom is -0.478 e. The second-order valence-electron chi connectivity index (χ2n) is 4.03. The van der Waals surface area contributed by atoms with Crippen molar-refractivity contribution < 1.29 is 23.1 Å². The molecule has 1 amide bonds. The zero-order chi connectivity index (χ0) is 14.8. The highest BCUT2D eigenvalue weighted by molar-refractivity contribution is 7.91. The maximum absolute atomic E-state index is 12.0. The number of carboxylic acids is 1. The van der Waals surface area contributed by atoms with Crippen LogP contribution in [0.3, 0.4) is 0 Å². The second-order valence-corrected chi connectivity index (χ2v) is 6.47. The molecule has 104 valence electrons. The third-order valence-corrected chi connectivity index (χ3v) is 4.71. The average molecular weight is 306 g/mol. The van der Waals surface area contributed by atoms with E-state index in [4.69, 9.17) is 22.4 Å². The van der Waals surface area contributed by atoms with Crippen molar-refractivity contribution in [2.75, 3.05) is 5.75 Å². The van der Waals surface area contributed by atoms with Crippen LogP contribution in [0.25, 0.3) is 0 Å². The Balaban J connectivity index is 3.13. The standard InChI is InChI=1S/C11H12ClNO5S/c1-6(10(13)14)5-19(17,18)7-2-3-8(11(15)16)9(12)4-7/h2-4,6H,5H2,1H3,(H2,13,14)(H,15,16). The maximum atomic E-state index is 12.0. The number of amides is 1. The van der Waals surface area contributed by atoms with Crippen molar-refractivity contribution in [3.63, 3.8) is 0 Å². The van der Waals surface area contributed by atoms with Crippen molar-refractivity contribution in [1.82, 2.24) is 0 Å². The van der Waals surface area contributed by atoms with E-state index in [1.165, 1.54) is 6.92 Å². The monoisotopic (exact) mass is 305 g/mol. The third kappa shape index (κ3) is 3.68. The van der Waals surface area contributed by atoms with Crippen LogP contribution in [-0.2, 0) is 14.6 Å². The van der Waals surface area contributed by atoms with Gasteiger partial charge in [0.15, 0.2) is 9.84 Å². The Morgan fingerprint density at radius 1 is 1.42 bits per heavy atom. The van der Waals surface area contributed by atoms with Gasteiger partial charge in [-0.3, -0.25) is 4.79 Å². The summed E-state index contributed by atoms with van der Waals surface area (Å²) >= 11 is 5.69. The number of hydrogen-bond acceptors (Lipinski definition) is 4. The van der Waals surface area contributed by atoms with Gasteiger partial charge in [0.25, 0.3) is 0 Å². The Bertz CT molecular complexity index is 626. The van der Waals surface area contributed by atoms with Crippen molar-refractivity contribution in [2.24, 2.45) is 11.7 Å². The van der Waals surface area contributed by atoms with Crippen LogP contribution in [0.1, 0.15) is 17.3 Å². The molecule has 0 radical (unpaired) electrons. The Labute approximate surface area is 115 Å². The van der Waals surface area contributed by atoms with E-state index in [0.717, 1.165) is 18.2 Å². The van der Waals surface area contributed by atoms with Crippen LogP contribution in [0.5, 0.6) is 0 Å². The van der Waals surface area contributed by atoms with Crippen molar-refractivity contribution in [1.29, 1.82) is 0 Å². The molecule has 0 aliphatic carbocycles. The van der Waals surface area contributed by atoms with Crippen LogP contribution in [0.2, 0.25) is 5.02 Å². The van der Waals surface area contributed by atoms with Gasteiger partial charge < -0.3 is 10.8 Å². The maximum Gasteiger partial charge on any atom is 0.337 e. The predicted molar refractivity (Wildman–Crippen MR) is 68.8 cm³/mol. The summed E-state index contributed by atoms with van der Waals surface area (Å²) in [6.45, 7) is 1.40. The molecule has 19 heavy (non-hydrogen) atoms. The van der Waals surface area contributed by atoms with Crippen molar-refractivity contribution in [3.8, 4) is 0 Å². The largest absolute Gasteiger partial charge is 0.478 e. The summed E-state index contributed by atoms with van der Waals surface area (Å²) < 4.78 is 23.9. The van der Waals surface area contributed by atoms with Gasteiger partial charge in [-0.1, -0.05) is 18.5 Å². The molecule has 0 heterocycles. The second kappa shape index (κ2) is 5.58. The predicted octanol–water partition coefficient (Wildman–Crippen LogP) is 0.933. The molecule has 6 nitrogen and oxygen atoms in total. The van der Waals surface area contributed by atoms with Crippen LogP contribution >= 0.6 is 11.6 Å². The fraction of sp³-hybridized carbons (Fsp3) is 0.273. The highest BCUT2D eigenvalue weighted by Gasteiger charge is 2.23. The third-order valence-electron chi connectivity index (χ3n) is 2.49. The molecule has 0 bridgehead atoms. The topological polar surface area (TPSA) is 115 Å². The molecule has 3 N–H and O–H groups in total. The molecule has 1 rings (SSSR count). The first-order valence-corrected chi connectivity index (χ1v) is 7.23. The number of primary amides is 1. The molecule has 0 aromatic heterocycles. The Morgan fingerprint density at radius 3 is 2.42 bits per heavy atom. The molecule has 0 aliphatic heterocycles. The average Bonchev–Trinajstić information content (AvgIpc) is 2.27. The summed E-state index contributed by atoms with van der Waals surface area (Å²) in [5.74, 6) is -3.27. The smallest absolute Gasteiger partial charge is 0.337 e. The van der Waals surface area contributed by atoms with Crippen molar-refractivity contribution in [2.45, 2.75) is 11.8 Å². The molecule has 1 unspecified atom stereocenters. The van der Waals surface area contributed by atoms with E-state index in [-0.39, 0.29) is 15.5 Å². The normalized spacial score (nSPS) is 12.9. The number of rotatable bonds is 5. The van der Waals surface area contributed by atoms with Crippen LogP contribution in [0.15, 0.2) is 23.1 Å². The summed E-state index contributed by atoms with van der Waals surface area (Å²) in [6, 6.07) is 3.29. The van der Waals surface area contributed by atoms with Gasteiger partial charge in [0.1, 0.15) is 0 Å². The Morgan fingerprint density at radius 2 is 2.00 bits per heavy atom. The molecule has 1 aromatic rings. The van der Waals surface area contributed by atoms with Gasteiger partial charge in [-0.05, 0) is 18.2 Å².